The molecule has 3 rings (SSSR count). The van der Waals surface area contributed by atoms with E-state index in [1.807, 2.05) is 32.0 Å². The number of nitrogens with one attached hydrogen (secondary N) is 2. The molecule has 1 saturated carbocycles. The second-order valence-corrected chi connectivity index (χ2v) is 6.26. The number of aromatic amines is 1. The van der Waals surface area contributed by atoms with E-state index in [2.05, 4.69) is 21.4 Å². The van der Waals surface area contributed by atoms with Gasteiger partial charge in [0, 0.05) is 6.04 Å². The highest BCUT2D eigenvalue weighted by Crippen LogP contribution is 2.26. The van der Waals surface area contributed by atoms with Crippen molar-refractivity contribution in [3.05, 3.63) is 56.4 Å². The Labute approximate surface area is 134 Å². The molecule has 0 spiro atoms. The SMILES string of the molecule is Cc1cccc([C@H](C)Nc2nc(=O)n(C3CCCC3)c(=O)[nH]2)c1. The minimum atomic E-state index is -0.473. The average Bonchev–Trinajstić information content (AvgIpc) is 3.00. The molecule has 0 radical (unpaired) electrons. The van der Waals surface area contributed by atoms with Crippen LogP contribution in [-0.4, -0.2) is 14.5 Å². The highest BCUT2D eigenvalue weighted by molar-refractivity contribution is 5.32. The van der Waals surface area contributed by atoms with Crippen molar-refractivity contribution in [3.63, 3.8) is 0 Å². The molecule has 2 N–H and O–H groups in total. The van der Waals surface area contributed by atoms with E-state index in [-0.39, 0.29) is 23.7 Å². The summed E-state index contributed by atoms with van der Waals surface area (Å²) in [5.74, 6) is 0.225. The lowest BCUT2D eigenvalue weighted by molar-refractivity contribution is 0.467. The van der Waals surface area contributed by atoms with Crippen LogP contribution in [0.1, 0.15) is 55.8 Å². The van der Waals surface area contributed by atoms with Crippen LogP contribution >= 0.6 is 0 Å². The molecule has 23 heavy (non-hydrogen) atoms. The molecule has 0 saturated heterocycles. The molecule has 0 bridgehead atoms. The summed E-state index contributed by atoms with van der Waals surface area (Å²) in [4.78, 5) is 31.2. The lowest BCUT2D eigenvalue weighted by Gasteiger charge is -2.16. The van der Waals surface area contributed by atoms with Crippen LogP contribution < -0.4 is 16.7 Å². The van der Waals surface area contributed by atoms with Crippen LogP contribution in [0.25, 0.3) is 0 Å². The van der Waals surface area contributed by atoms with Gasteiger partial charge in [-0.1, -0.05) is 42.7 Å². The summed E-state index contributed by atoms with van der Waals surface area (Å²) < 4.78 is 1.26. The molecule has 1 heterocycles. The van der Waals surface area contributed by atoms with Gasteiger partial charge in [-0.05, 0) is 32.3 Å². The minimum absolute atomic E-state index is 0.0120. The number of anilines is 1. The van der Waals surface area contributed by atoms with E-state index < -0.39 is 5.69 Å². The van der Waals surface area contributed by atoms with E-state index in [0.29, 0.717) is 0 Å². The Morgan fingerprint density at radius 1 is 1.30 bits per heavy atom. The van der Waals surface area contributed by atoms with Gasteiger partial charge in [0.25, 0.3) is 0 Å². The smallest absolute Gasteiger partial charge is 0.349 e. The Morgan fingerprint density at radius 3 is 2.70 bits per heavy atom. The molecule has 1 aliphatic rings. The second-order valence-electron chi connectivity index (χ2n) is 6.26. The fraction of sp³-hybridized carbons (Fsp3) is 0.471. The van der Waals surface area contributed by atoms with Gasteiger partial charge in [-0.15, -0.1) is 0 Å². The summed E-state index contributed by atoms with van der Waals surface area (Å²) in [6, 6.07) is 8.01. The van der Waals surface area contributed by atoms with Crippen molar-refractivity contribution >= 4 is 5.95 Å². The third-order valence-corrected chi connectivity index (χ3v) is 4.44. The van der Waals surface area contributed by atoms with E-state index in [1.54, 1.807) is 0 Å². The van der Waals surface area contributed by atoms with Gasteiger partial charge in [0.2, 0.25) is 5.95 Å². The van der Waals surface area contributed by atoms with Crippen molar-refractivity contribution in [3.8, 4) is 0 Å². The Morgan fingerprint density at radius 2 is 2.04 bits per heavy atom. The van der Waals surface area contributed by atoms with Crippen LogP contribution in [0.2, 0.25) is 0 Å². The molecule has 0 aliphatic heterocycles. The number of aryl methyl sites for hydroxylation is 1. The zero-order valence-corrected chi connectivity index (χ0v) is 13.5. The molecule has 6 heteroatoms. The van der Waals surface area contributed by atoms with E-state index in [9.17, 15) is 9.59 Å². The minimum Gasteiger partial charge on any atom is -0.349 e. The summed E-state index contributed by atoms with van der Waals surface area (Å²) in [6.07, 6.45) is 3.86. The van der Waals surface area contributed by atoms with Crippen LogP contribution in [0.4, 0.5) is 5.95 Å². The van der Waals surface area contributed by atoms with Gasteiger partial charge in [0.05, 0.1) is 6.04 Å². The van der Waals surface area contributed by atoms with Gasteiger partial charge in [-0.25, -0.2) is 14.2 Å². The van der Waals surface area contributed by atoms with Crippen LogP contribution in [0.5, 0.6) is 0 Å². The van der Waals surface area contributed by atoms with Crippen LogP contribution in [-0.2, 0) is 0 Å². The number of aromatic nitrogens is 3. The molecular weight excluding hydrogens is 292 g/mol. The zero-order valence-electron chi connectivity index (χ0n) is 13.5. The average molecular weight is 314 g/mol. The highest BCUT2D eigenvalue weighted by atomic mass is 16.2. The third-order valence-electron chi connectivity index (χ3n) is 4.44. The molecule has 1 aromatic carbocycles. The lowest BCUT2D eigenvalue weighted by Crippen LogP contribution is -2.39. The summed E-state index contributed by atoms with van der Waals surface area (Å²) in [5.41, 5.74) is 1.39. The number of nitrogens with zero attached hydrogens (tertiary/aromatic N) is 2. The van der Waals surface area contributed by atoms with Gasteiger partial charge in [-0.3, -0.25) is 4.98 Å². The van der Waals surface area contributed by atoms with Crippen molar-refractivity contribution in [2.45, 2.75) is 51.6 Å². The molecule has 6 nitrogen and oxygen atoms in total. The quantitative estimate of drug-likeness (QED) is 0.909. The van der Waals surface area contributed by atoms with Gasteiger partial charge in [-0.2, -0.15) is 4.98 Å². The normalized spacial score (nSPS) is 16.4. The first-order valence-electron chi connectivity index (χ1n) is 8.10. The monoisotopic (exact) mass is 314 g/mol. The van der Waals surface area contributed by atoms with Crippen molar-refractivity contribution in [2.75, 3.05) is 5.32 Å². The number of hydrogen-bond donors (Lipinski definition) is 2. The Kier molecular flexibility index (Phi) is 4.32. The highest BCUT2D eigenvalue weighted by Gasteiger charge is 2.21. The first-order chi connectivity index (χ1) is 11.0. The summed E-state index contributed by atoms with van der Waals surface area (Å²) in [6.45, 7) is 4.00. The molecule has 1 atom stereocenters. The van der Waals surface area contributed by atoms with Crippen molar-refractivity contribution in [1.29, 1.82) is 0 Å². The van der Waals surface area contributed by atoms with E-state index >= 15 is 0 Å². The van der Waals surface area contributed by atoms with Crippen molar-refractivity contribution < 1.29 is 0 Å². The second kappa shape index (κ2) is 6.40. The number of rotatable bonds is 4. The summed E-state index contributed by atoms with van der Waals surface area (Å²) in [5, 5.41) is 3.10. The number of hydrogen-bond acceptors (Lipinski definition) is 4. The first kappa shape index (κ1) is 15.5. The van der Waals surface area contributed by atoms with Gasteiger partial charge in [0.1, 0.15) is 0 Å². The molecule has 1 fully saturated rings. The standard InChI is InChI=1S/C17H22N4O2/c1-11-6-5-7-13(10-11)12(2)18-15-19-16(22)21(17(23)20-15)14-8-3-4-9-14/h5-7,10,12,14H,3-4,8-9H2,1-2H3,(H2,18,19,20,22,23)/t12-/m0/s1. The molecule has 0 unspecified atom stereocenters. The third kappa shape index (κ3) is 3.36. The van der Waals surface area contributed by atoms with Gasteiger partial charge >= 0.3 is 11.4 Å². The van der Waals surface area contributed by atoms with Gasteiger partial charge in [0.15, 0.2) is 0 Å². The fourth-order valence-corrected chi connectivity index (χ4v) is 3.21. The first-order valence-corrected chi connectivity index (χ1v) is 8.10. The maximum absolute atomic E-state index is 12.2. The van der Waals surface area contributed by atoms with E-state index in [0.717, 1.165) is 36.8 Å². The summed E-state index contributed by atoms with van der Waals surface area (Å²) in [7, 11) is 0. The zero-order chi connectivity index (χ0) is 16.4. The maximum Gasteiger partial charge on any atom is 0.355 e. The van der Waals surface area contributed by atoms with Gasteiger partial charge < -0.3 is 5.32 Å². The van der Waals surface area contributed by atoms with Crippen molar-refractivity contribution in [2.24, 2.45) is 0 Å². The predicted octanol–water partition coefficient (Wildman–Crippen LogP) is 2.53. The topological polar surface area (TPSA) is 79.8 Å². The lowest BCUT2D eigenvalue weighted by atomic mass is 10.1. The number of H-pyrrole nitrogens is 1. The molecular formula is C17H22N4O2. The molecule has 0 amide bonds. The summed E-state index contributed by atoms with van der Waals surface area (Å²) >= 11 is 0. The largest absolute Gasteiger partial charge is 0.355 e. The van der Waals surface area contributed by atoms with E-state index in [4.69, 9.17) is 0 Å². The Hall–Kier alpha value is -2.37. The number of benzene rings is 1. The fourth-order valence-electron chi connectivity index (χ4n) is 3.21. The Balaban J connectivity index is 1.84. The molecule has 122 valence electrons. The Bertz CT molecular complexity index is 771. The van der Waals surface area contributed by atoms with Crippen molar-refractivity contribution in [1.82, 2.24) is 14.5 Å². The van der Waals surface area contributed by atoms with E-state index in [1.165, 1.54) is 4.57 Å². The van der Waals surface area contributed by atoms with Crippen LogP contribution in [0, 0.1) is 6.92 Å². The maximum atomic E-state index is 12.2. The van der Waals surface area contributed by atoms with Crippen LogP contribution in [0.15, 0.2) is 33.9 Å². The predicted molar refractivity (Wildman–Crippen MR) is 89.8 cm³/mol. The molecule has 2 aromatic rings. The molecule has 1 aliphatic carbocycles. The van der Waals surface area contributed by atoms with Crippen LogP contribution in [0.3, 0.4) is 0 Å². The molecule has 1 aromatic heterocycles.